The molecule has 3 rings (SSSR count). The van der Waals surface area contributed by atoms with E-state index in [-0.39, 0.29) is 11.7 Å². The Labute approximate surface area is 156 Å². The van der Waals surface area contributed by atoms with Crippen molar-refractivity contribution < 1.29 is 4.79 Å². The first-order valence-electron chi connectivity index (χ1n) is 8.67. The van der Waals surface area contributed by atoms with Gasteiger partial charge in [-0.1, -0.05) is 12.1 Å². The Bertz CT molecular complexity index is 982. The largest absolute Gasteiger partial charge is 0.343 e. The topological polar surface area (TPSA) is 110 Å². The highest BCUT2D eigenvalue weighted by atomic mass is 16.2. The first-order chi connectivity index (χ1) is 12.9. The van der Waals surface area contributed by atoms with Crippen molar-refractivity contribution in [1.82, 2.24) is 29.9 Å². The maximum atomic E-state index is 12.0. The fourth-order valence-electron chi connectivity index (χ4n) is 2.77. The quantitative estimate of drug-likeness (QED) is 0.609. The number of carbonyl (C=O) groups is 1. The van der Waals surface area contributed by atoms with Crippen LogP contribution in [0.5, 0.6) is 0 Å². The van der Waals surface area contributed by atoms with E-state index in [1.807, 2.05) is 48.9 Å². The van der Waals surface area contributed by atoms with E-state index in [9.17, 15) is 9.59 Å². The third-order valence-electron chi connectivity index (χ3n) is 4.25. The summed E-state index contributed by atoms with van der Waals surface area (Å²) in [6.07, 6.45) is 0.463. The lowest BCUT2D eigenvalue weighted by Crippen LogP contribution is -2.31. The molecule has 0 aliphatic carbocycles. The Morgan fingerprint density at radius 1 is 1.22 bits per heavy atom. The molecule has 142 valence electrons. The van der Waals surface area contributed by atoms with Gasteiger partial charge in [0, 0.05) is 31.4 Å². The highest BCUT2D eigenvalue weighted by molar-refractivity contribution is 5.89. The van der Waals surface area contributed by atoms with Gasteiger partial charge in [-0.2, -0.15) is 10.2 Å². The molecule has 0 saturated carbocycles. The van der Waals surface area contributed by atoms with Gasteiger partial charge in [-0.15, -0.1) is 0 Å². The van der Waals surface area contributed by atoms with Crippen LogP contribution in [0.2, 0.25) is 0 Å². The maximum absolute atomic E-state index is 12.0. The minimum absolute atomic E-state index is 0.269. The number of aromatic amines is 1. The van der Waals surface area contributed by atoms with Crippen molar-refractivity contribution in [3.63, 3.8) is 0 Å². The number of rotatable bonds is 6. The Morgan fingerprint density at radius 3 is 2.56 bits per heavy atom. The van der Waals surface area contributed by atoms with Crippen molar-refractivity contribution in [3.8, 4) is 0 Å². The van der Waals surface area contributed by atoms with Gasteiger partial charge in [0.1, 0.15) is 5.82 Å². The molecule has 2 heterocycles. The number of hydrogen-bond donors (Lipinski definition) is 3. The van der Waals surface area contributed by atoms with E-state index in [0.29, 0.717) is 31.0 Å². The Morgan fingerprint density at radius 2 is 1.96 bits per heavy atom. The van der Waals surface area contributed by atoms with Crippen molar-refractivity contribution in [3.05, 3.63) is 63.6 Å². The number of aryl methyl sites for hydroxylation is 2. The fraction of sp³-hybridized carbons (Fsp3) is 0.333. The monoisotopic (exact) mass is 369 g/mol. The van der Waals surface area contributed by atoms with Gasteiger partial charge in [0.25, 0.3) is 0 Å². The molecule has 2 aromatic heterocycles. The van der Waals surface area contributed by atoms with Crippen LogP contribution in [0.3, 0.4) is 0 Å². The van der Waals surface area contributed by atoms with Gasteiger partial charge >= 0.3 is 11.7 Å². The van der Waals surface area contributed by atoms with Gasteiger partial charge < -0.3 is 10.6 Å². The molecule has 1 aromatic carbocycles. The second-order valence-electron chi connectivity index (χ2n) is 6.42. The number of benzene rings is 1. The molecular weight excluding hydrogens is 346 g/mol. The molecule has 0 unspecified atom stereocenters. The van der Waals surface area contributed by atoms with Gasteiger partial charge in [0.05, 0.1) is 12.2 Å². The van der Waals surface area contributed by atoms with Gasteiger partial charge in [-0.05, 0) is 37.6 Å². The molecule has 0 fully saturated rings. The van der Waals surface area contributed by atoms with Crippen LogP contribution in [0.4, 0.5) is 10.5 Å². The average molecular weight is 369 g/mol. The number of amides is 2. The van der Waals surface area contributed by atoms with Crippen LogP contribution in [-0.2, 0) is 20.0 Å². The SMILES string of the molecule is Cc1cc(C)n(Cc2ccc(NC(=O)NCCc3n[nH]c(=O)n3C)cc2)n1. The summed E-state index contributed by atoms with van der Waals surface area (Å²) in [5.41, 5.74) is 3.65. The predicted molar refractivity (Wildman–Crippen MR) is 102 cm³/mol. The lowest BCUT2D eigenvalue weighted by molar-refractivity contribution is 0.252. The van der Waals surface area contributed by atoms with E-state index in [2.05, 4.69) is 25.9 Å². The van der Waals surface area contributed by atoms with Crippen molar-refractivity contribution in [2.45, 2.75) is 26.8 Å². The molecular formula is C18H23N7O2. The van der Waals surface area contributed by atoms with Gasteiger partial charge in [0.15, 0.2) is 0 Å². The fourth-order valence-corrected chi connectivity index (χ4v) is 2.77. The van der Waals surface area contributed by atoms with Crippen LogP contribution in [0.15, 0.2) is 35.1 Å². The second-order valence-corrected chi connectivity index (χ2v) is 6.42. The van der Waals surface area contributed by atoms with Gasteiger partial charge in [-0.25, -0.2) is 14.7 Å². The second kappa shape index (κ2) is 7.90. The summed E-state index contributed by atoms with van der Waals surface area (Å²) in [5, 5.41) is 16.2. The zero-order valence-corrected chi connectivity index (χ0v) is 15.6. The summed E-state index contributed by atoms with van der Waals surface area (Å²) in [4.78, 5) is 23.3. The maximum Gasteiger partial charge on any atom is 0.343 e. The molecule has 0 aliphatic rings. The predicted octanol–water partition coefficient (Wildman–Crippen LogP) is 1.33. The molecule has 9 heteroatoms. The van der Waals surface area contributed by atoms with Crippen LogP contribution in [0, 0.1) is 13.8 Å². The first kappa shape index (κ1) is 18.4. The van der Waals surface area contributed by atoms with E-state index in [0.717, 1.165) is 17.0 Å². The third kappa shape index (κ3) is 4.63. The summed E-state index contributed by atoms with van der Waals surface area (Å²) < 4.78 is 3.37. The number of anilines is 1. The molecule has 0 aliphatic heterocycles. The van der Waals surface area contributed by atoms with E-state index >= 15 is 0 Å². The minimum Gasteiger partial charge on any atom is -0.337 e. The van der Waals surface area contributed by atoms with E-state index in [1.54, 1.807) is 7.05 Å². The molecule has 9 nitrogen and oxygen atoms in total. The number of urea groups is 1. The molecule has 0 radical (unpaired) electrons. The Balaban J connectivity index is 1.48. The van der Waals surface area contributed by atoms with E-state index < -0.39 is 0 Å². The number of H-pyrrole nitrogens is 1. The summed E-state index contributed by atoms with van der Waals surface area (Å²) >= 11 is 0. The summed E-state index contributed by atoms with van der Waals surface area (Å²) in [5.74, 6) is 0.591. The van der Waals surface area contributed by atoms with Gasteiger partial charge in [0.2, 0.25) is 0 Å². The van der Waals surface area contributed by atoms with E-state index in [4.69, 9.17) is 0 Å². The zero-order valence-electron chi connectivity index (χ0n) is 15.6. The number of carbonyl (C=O) groups excluding carboxylic acids is 1. The number of nitrogens with zero attached hydrogens (tertiary/aromatic N) is 4. The van der Waals surface area contributed by atoms with Gasteiger partial charge in [-0.3, -0.25) is 9.25 Å². The minimum atomic E-state index is -0.304. The van der Waals surface area contributed by atoms with Crippen molar-refractivity contribution >= 4 is 11.7 Å². The third-order valence-corrected chi connectivity index (χ3v) is 4.25. The average Bonchev–Trinajstić information content (AvgIpc) is 3.11. The van der Waals surface area contributed by atoms with Crippen LogP contribution >= 0.6 is 0 Å². The number of hydrogen-bond acceptors (Lipinski definition) is 4. The highest BCUT2D eigenvalue weighted by Crippen LogP contribution is 2.12. The summed E-state index contributed by atoms with van der Waals surface area (Å²) in [6.45, 7) is 5.07. The van der Waals surface area contributed by atoms with E-state index in [1.165, 1.54) is 4.57 Å². The lowest BCUT2D eigenvalue weighted by Gasteiger charge is -2.09. The highest BCUT2D eigenvalue weighted by Gasteiger charge is 2.06. The normalized spacial score (nSPS) is 10.8. The molecule has 3 aromatic rings. The van der Waals surface area contributed by atoms with Crippen LogP contribution in [-0.4, -0.2) is 37.1 Å². The molecule has 2 amide bonds. The summed E-state index contributed by atoms with van der Waals surface area (Å²) in [6, 6.07) is 9.38. The lowest BCUT2D eigenvalue weighted by atomic mass is 10.2. The first-order valence-corrected chi connectivity index (χ1v) is 8.67. The van der Waals surface area contributed by atoms with Crippen LogP contribution < -0.4 is 16.3 Å². The molecule has 27 heavy (non-hydrogen) atoms. The number of aromatic nitrogens is 5. The van der Waals surface area contributed by atoms with Crippen molar-refractivity contribution in [1.29, 1.82) is 0 Å². The van der Waals surface area contributed by atoms with Crippen LogP contribution in [0.25, 0.3) is 0 Å². The number of nitrogens with one attached hydrogen (secondary N) is 3. The van der Waals surface area contributed by atoms with Crippen molar-refractivity contribution in [2.75, 3.05) is 11.9 Å². The molecule has 0 spiro atoms. The molecule has 3 N–H and O–H groups in total. The molecule has 0 atom stereocenters. The standard InChI is InChI=1S/C18H23N7O2/c1-12-10-13(2)25(23-12)11-14-4-6-15(7-5-14)20-17(26)19-9-8-16-21-22-18(27)24(16)3/h4-7,10H,8-9,11H2,1-3H3,(H,22,27)(H2,19,20,26). The Kier molecular flexibility index (Phi) is 5.39. The van der Waals surface area contributed by atoms with Crippen LogP contribution in [0.1, 0.15) is 22.8 Å². The van der Waals surface area contributed by atoms with Crippen molar-refractivity contribution in [2.24, 2.45) is 7.05 Å². The smallest absolute Gasteiger partial charge is 0.337 e. The Hall–Kier alpha value is -3.36. The molecule has 0 saturated heterocycles. The zero-order chi connectivity index (χ0) is 19.4. The summed E-state index contributed by atoms with van der Waals surface area (Å²) in [7, 11) is 1.63. The molecule has 0 bridgehead atoms.